The number of benzene rings is 4. The average molecular weight is 632 g/mol. The summed E-state index contributed by atoms with van der Waals surface area (Å²) in [6, 6.07) is 14.7. The summed E-state index contributed by atoms with van der Waals surface area (Å²) in [6.07, 6.45) is 0. The van der Waals surface area contributed by atoms with E-state index < -0.39 is 34.7 Å². The third-order valence-electron chi connectivity index (χ3n) is 6.21. The summed E-state index contributed by atoms with van der Waals surface area (Å²) in [5.41, 5.74) is 6.37. The van der Waals surface area contributed by atoms with Crippen molar-refractivity contribution >= 4 is 69.0 Å². The zero-order chi connectivity index (χ0) is 30.9. The summed E-state index contributed by atoms with van der Waals surface area (Å²) in [7, 11) is -12.0. The van der Waals surface area contributed by atoms with Crippen LogP contribution in [0.3, 0.4) is 0 Å². The minimum absolute atomic E-state index is 0.0395. The molecule has 0 aliphatic heterocycles. The Morgan fingerprint density at radius 2 is 1.21 bits per heavy atom. The van der Waals surface area contributed by atoms with Crippen molar-refractivity contribution < 1.29 is 34.9 Å². The van der Waals surface area contributed by atoms with Crippen molar-refractivity contribution in [3.63, 3.8) is 0 Å². The first-order valence-electron chi connectivity index (χ1n) is 12.2. The SMILES string of the molecule is CCS(=O)(=O)c1ccc(N=Nc2ccc3c(N=Nc4ccc(S(=O)(=O)CC)cc4S(=O)(=O)O)c(N)ccc3c2O)cc1. The highest BCUT2D eigenvalue weighted by molar-refractivity contribution is 7.91. The van der Waals surface area contributed by atoms with E-state index in [2.05, 4.69) is 20.5 Å². The summed E-state index contributed by atoms with van der Waals surface area (Å²) in [6.45, 7) is 2.93. The number of azo groups is 2. The van der Waals surface area contributed by atoms with Crippen LogP contribution in [0, 0.1) is 0 Å². The molecule has 4 aromatic carbocycles. The number of hydrogen-bond donors (Lipinski definition) is 3. The van der Waals surface area contributed by atoms with Crippen LogP contribution in [-0.2, 0) is 29.8 Å². The summed E-state index contributed by atoms with van der Waals surface area (Å²) >= 11 is 0. The first kappa shape index (κ1) is 30.7. The molecule has 4 aromatic rings. The fraction of sp³-hybridized carbons (Fsp3) is 0.154. The molecule has 0 heterocycles. The Balaban J connectivity index is 1.72. The number of nitrogen functional groups attached to an aromatic ring is 1. The number of fused-ring (bicyclic) bond motifs is 1. The molecule has 0 bridgehead atoms. The number of phenolic OH excluding ortho intramolecular Hbond substituents is 1. The van der Waals surface area contributed by atoms with Crippen molar-refractivity contribution in [2.45, 2.75) is 28.5 Å². The number of rotatable bonds is 9. The van der Waals surface area contributed by atoms with Crippen molar-refractivity contribution in [3.8, 4) is 5.75 Å². The van der Waals surface area contributed by atoms with Gasteiger partial charge in [0.25, 0.3) is 10.1 Å². The van der Waals surface area contributed by atoms with Crippen molar-refractivity contribution in [2.75, 3.05) is 17.2 Å². The lowest BCUT2D eigenvalue weighted by Crippen LogP contribution is -2.06. The zero-order valence-electron chi connectivity index (χ0n) is 22.2. The lowest BCUT2D eigenvalue weighted by molar-refractivity contribution is 0.482. The molecule has 0 aliphatic rings. The van der Waals surface area contributed by atoms with Crippen LogP contribution in [-0.4, -0.2) is 46.4 Å². The minimum Gasteiger partial charge on any atom is -0.505 e. The summed E-state index contributed by atoms with van der Waals surface area (Å²) in [5, 5.41) is 27.5. The van der Waals surface area contributed by atoms with Gasteiger partial charge in [-0.25, -0.2) is 16.8 Å². The first-order valence-corrected chi connectivity index (χ1v) is 17.0. The van der Waals surface area contributed by atoms with Crippen molar-refractivity contribution in [1.82, 2.24) is 0 Å². The maximum atomic E-state index is 12.2. The van der Waals surface area contributed by atoms with Crippen LogP contribution < -0.4 is 5.73 Å². The Bertz CT molecular complexity index is 2080. The fourth-order valence-electron chi connectivity index (χ4n) is 3.82. The van der Waals surface area contributed by atoms with Crippen LogP contribution in [0.25, 0.3) is 10.8 Å². The van der Waals surface area contributed by atoms with Gasteiger partial charge in [-0.2, -0.15) is 13.5 Å². The second-order valence-electron chi connectivity index (χ2n) is 8.84. The zero-order valence-corrected chi connectivity index (χ0v) is 24.6. The Labute approximate surface area is 242 Å². The molecule has 0 unspecified atom stereocenters. The number of hydrogen-bond acceptors (Lipinski definition) is 12. The Morgan fingerprint density at radius 1 is 0.667 bits per heavy atom. The molecule has 13 nitrogen and oxygen atoms in total. The number of aromatic hydroxyl groups is 1. The summed E-state index contributed by atoms with van der Waals surface area (Å²) in [5.74, 6) is -0.598. The topological polar surface area (TPSA) is 218 Å². The molecule has 4 N–H and O–H groups in total. The fourth-order valence-corrected chi connectivity index (χ4v) is 6.33. The maximum Gasteiger partial charge on any atom is 0.296 e. The average Bonchev–Trinajstić information content (AvgIpc) is 2.96. The summed E-state index contributed by atoms with van der Waals surface area (Å²) in [4.78, 5) is -0.914. The maximum absolute atomic E-state index is 12.2. The van der Waals surface area contributed by atoms with E-state index in [0.717, 1.165) is 18.2 Å². The Kier molecular flexibility index (Phi) is 8.45. The molecule has 0 aromatic heterocycles. The summed E-state index contributed by atoms with van der Waals surface area (Å²) < 4.78 is 82.0. The minimum atomic E-state index is -4.88. The van der Waals surface area contributed by atoms with Gasteiger partial charge in [-0.15, -0.1) is 15.3 Å². The molecule has 220 valence electrons. The monoisotopic (exact) mass is 631 g/mol. The van der Waals surface area contributed by atoms with E-state index in [9.17, 15) is 34.9 Å². The van der Waals surface area contributed by atoms with E-state index in [1.54, 1.807) is 6.92 Å². The number of anilines is 1. The third-order valence-corrected chi connectivity index (χ3v) is 10.6. The predicted octanol–water partition coefficient (Wildman–Crippen LogP) is 5.79. The van der Waals surface area contributed by atoms with Crippen LogP contribution in [0.4, 0.5) is 28.4 Å². The molecular formula is C26H25N5O8S3. The second-order valence-corrected chi connectivity index (χ2v) is 14.8. The predicted molar refractivity (Wildman–Crippen MR) is 157 cm³/mol. The van der Waals surface area contributed by atoms with Gasteiger partial charge in [0.15, 0.2) is 25.4 Å². The van der Waals surface area contributed by atoms with Gasteiger partial charge in [-0.05, 0) is 66.7 Å². The van der Waals surface area contributed by atoms with E-state index in [1.165, 1.54) is 55.5 Å². The molecule has 0 atom stereocenters. The molecule has 0 amide bonds. The van der Waals surface area contributed by atoms with Gasteiger partial charge < -0.3 is 10.8 Å². The van der Waals surface area contributed by atoms with Crippen LogP contribution >= 0.6 is 0 Å². The van der Waals surface area contributed by atoms with E-state index >= 15 is 0 Å². The van der Waals surface area contributed by atoms with Gasteiger partial charge in [0.2, 0.25) is 0 Å². The standard InChI is InChI=1S/C26H25N5O8S3/c1-3-40(33,34)17-7-5-16(6-8-17)28-30-23-14-11-19-20(26(23)32)10-12-21(27)25(19)31-29-22-13-9-18(41(35,36)4-2)15-24(22)42(37,38)39/h5-15,32H,3-4,27H2,1-2H3,(H,37,38,39). The third kappa shape index (κ3) is 6.30. The van der Waals surface area contributed by atoms with E-state index in [0.29, 0.717) is 11.1 Å². The van der Waals surface area contributed by atoms with Crippen molar-refractivity contribution in [2.24, 2.45) is 20.5 Å². The van der Waals surface area contributed by atoms with Crippen LogP contribution in [0.15, 0.2) is 102 Å². The van der Waals surface area contributed by atoms with Crippen LogP contribution in [0.5, 0.6) is 5.75 Å². The van der Waals surface area contributed by atoms with E-state index in [-0.39, 0.29) is 55.2 Å². The molecular weight excluding hydrogens is 607 g/mol. The molecule has 16 heteroatoms. The molecule has 0 aliphatic carbocycles. The molecule has 0 fully saturated rings. The second kappa shape index (κ2) is 11.6. The highest BCUT2D eigenvalue weighted by Gasteiger charge is 2.21. The lowest BCUT2D eigenvalue weighted by Gasteiger charge is -2.09. The normalized spacial score (nSPS) is 12.9. The van der Waals surface area contributed by atoms with Crippen molar-refractivity contribution in [1.29, 1.82) is 0 Å². The van der Waals surface area contributed by atoms with Gasteiger partial charge in [-0.3, -0.25) is 4.55 Å². The highest BCUT2D eigenvalue weighted by atomic mass is 32.2. The van der Waals surface area contributed by atoms with Gasteiger partial charge in [0.05, 0.1) is 32.7 Å². The highest BCUT2D eigenvalue weighted by Crippen LogP contribution is 2.42. The van der Waals surface area contributed by atoms with E-state index in [1.807, 2.05) is 0 Å². The molecule has 0 spiro atoms. The van der Waals surface area contributed by atoms with Crippen LogP contribution in [0.1, 0.15) is 13.8 Å². The lowest BCUT2D eigenvalue weighted by atomic mass is 10.1. The number of phenols is 1. The van der Waals surface area contributed by atoms with E-state index in [4.69, 9.17) is 5.73 Å². The van der Waals surface area contributed by atoms with Gasteiger partial charge in [0.1, 0.15) is 22.0 Å². The Morgan fingerprint density at radius 3 is 1.83 bits per heavy atom. The quantitative estimate of drug-likeness (QED) is 0.115. The van der Waals surface area contributed by atoms with Gasteiger partial charge in [-0.1, -0.05) is 13.8 Å². The molecule has 4 rings (SSSR count). The van der Waals surface area contributed by atoms with Crippen molar-refractivity contribution in [3.05, 3.63) is 66.7 Å². The molecule has 0 saturated carbocycles. The number of sulfone groups is 2. The Hall–Kier alpha value is -4.25. The van der Waals surface area contributed by atoms with Crippen LogP contribution in [0.2, 0.25) is 0 Å². The largest absolute Gasteiger partial charge is 0.505 e. The smallest absolute Gasteiger partial charge is 0.296 e. The van der Waals surface area contributed by atoms with Gasteiger partial charge in [0, 0.05) is 10.8 Å². The number of nitrogens with zero attached hydrogens (tertiary/aromatic N) is 4. The molecule has 0 radical (unpaired) electrons. The molecule has 0 saturated heterocycles. The number of nitrogens with two attached hydrogens (primary N) is 1. The van der Waals surface area contributed by atoms with Gasteiger partial charge >= 0.3 is 0 Å². The molecule has 42 heavy (non-hydrogen) atoms. The first-order chi connectivity index (χ1) is 19.7.